The van der Waals surface area contributed by atoms with E-state index in [1.165, 1.54) is 24.8 Å². The Balaban J connectivity index is 2.03. The van der Waals surface area contributed by atoms with E-state index in [1.807, 2.05) is 6.92 Å². The summed E-state index contributed by atoms with van der Waals surface area (Å²) in [6, 6.07) is 0. The minimum absolute atomic E-state index is 0.284. The van der Waals surface area contributed by atoms with E-state index < -0.39 is 5.60 Å². The van der Waals surface area contributed by atoms with Crippen molar-refractivity contribution in [1.82, 2.24) is 0 Å². The average molecular weight is 288 g/mol. The first-order valence-electron chi connectivity index (χ1n) is 8.82. The first kappa shape index (κ1) is 15.3. The molecule has 2 bridgehead atoms. The van der Waals surface area contributed by atoms with Gasteiger partial charge < -0.3 is 5.11 Å². The third-order valence-electron chi connectivity index (χ3n) is 6.84. The standard InChI is InChI=1S/C20H32O/c1-13-6-7-15-10-16(19(3,4)12-14(15)2)11-18-17(13)8-9-20(18,5)21/h11,14-15,17-18,21H,1,6-10,12H2,2-5H3/b16-11+/t14-,15+,17+,18+,20+/m0/s1. The molecule has 3 aliphatic carbocycles. The molecule has 0 amide bonds. The van der Waals surface area contributed by atoms with Gasteiger partial charge in [0, 0.05) is 5.92 Å². The first-order valence-corrected chi connectivity index (χ1v) is 8.82. The first-order chi connectivity index (χ1) is 9.71. The van der Waals surface area contributed by atoms with Crippen molar-refractivity contribution in [3.8, 4) is 0 Å². The van der Waals surface area contributed by atoms with Crippen LogP contribution in [0.3, 0.4) is 0 Å². The molecule has 0 saturated heterocycles. The molecule has 0 aromatic heterocycles. The Bertz CT molecular complexity index is 468. The highest BCUT2D eigenvalue weighted by Gasteiger charge is 2.46. The lowest BCUT2D eigenvalue weighted by Gasteiger charge is -2.42. The fourth-order valence-corrected chi connectivity index (χ4v) is 5.30. The highest BCUT2D eigenvalue weighted by molar-refractivity contribution is 5.25. The topological polar surface area (TPSA) is 20.2 Å². The third kappa shape index (κ3) is 2.63. The van der Waals surface area contributed by atoms with Gasteiger partial charge in [-0.3, -0.25) is 0 Å². The Morgan fingerprint density at radius 3 is 2.67 bits per heavy atom. The maximum absolute atomic E-state index is 10.8. The molecule has 0 aliphatic heterocycles. The number of rotatable bonds is 0. The van der Waals surface area contributed by atoms with E-state index in [0.29, 0.717) is 11.3 Å². The number of fused-ring (bicyclic) bond motifs is 3. The molecule has 3 rings (SSSR count). The maximum Gasteiger partial charge on any atom is 0.0688 e. The van der Waals surface area contributed by atoms with Crippen LogP contribution in [-0.4, -0.2) is 10.7 Å². The van der Waals surface area contributed by atoms with Gasteiger partial charge in [-0.2, -0.15) is 0 Å². The van der Waals surface area contributed by atoms with Crippen LogP contribution in [0.4, 0.5) is 0 Å². The van der Waals surface area contributed by atoms with Crippen molar-refractivity contribution in [2.75, 3.05) is 0 Å². The number of hydrogen-bond acceptors (Lipinski definition) is 1. The van der Waals surface area contributed by atoms with Crippen molar-refractivity contribution in [3.05, 3.63) is 23.8 Å². The van der Waals surface area contributed by atoms with Gasteiger partial charge in [0.15, 0.2) is 0 Å². The van der Waals surface area contributed by atoms with E-state index in [1.54, 1.807) is 5.57 Å². The van der Waals surface area contributed by atoms with Crippen LogP contribution >= 0.6 is 0 Å². The van der Waals surface area contributed by atoms with Crippen LogP contribution in [0.2, 0.25) is 0 Å². The van der Waals surface area contributed by atoms with E-state index in [2.05, 4.69) is 33.4 Å². The van der Waals surface area contributed by atoms with Crippen LogP contribution in [0, 0.1) is 29.1 Å². The molecule has 5 atom stereocenters. The van der Waals surface area contributed by atoms with Crippen LogP contribution in [0.5, 0.6) is 0 Å². The fraction of sp³-hybridized carbons (Fsp3) is 0.800. The minimum Gasteiger partial charge on any atom is -0.390 e. The molecule has 1 N–H and O–H groups in total. The van der Waals surface area contributed by atoms with Crippen LogP contribution < -0.4 is 0 Å². The summed E-state index contributed by atoms with van der Waals surface area (Å²) in [6.07, 6.45) is 9.49. The number of aliphatic hydroxyl groups is 1. The number of allylic oxidation sites excluding steroid dienone is 2. The van der Waals surface area contributed by atoms with E-state index in [9.17, 15) is 5.11 Å². The molecule has 0 unspecified atom stereocenters. The summed E-state index contributed by atoms with van der Waals surface area (Å²) in [5, 5.41) is 10.8. The highest BCUT2D eigenvalue weighted by atomic mass is 16.3. The molecular weight excluding hydrogens is 256 g/mol. The van der Waals surface area contributed by atoms with Crippen molar-refractivity contribution in [2.45, 2.75) is 71.8 Å². The number of hydrogen-bond donors (Lipinski definition) is 1. The van der Waals surface area contributed by atoms with Crippen molar-refractivity contribution < 1.29 is 5.11 Å². The summed E-state index contributed by atoms with van der Waals surface area (Å²) >= 11 is 0. The smallest absolute Gasteiger partial charge is 0.0688 e. The second-order valence-corrected chi connectivity index (χ2v) is 8.95. The largest absolute Gasteiger partial charge is 0.390 e. The molecule has 21 heavy (non-hydrogen) atoms. The molecule has 2 saturated carbocycles. The average Bonchev–Trinajstić information content (AvgIpc) is 2.68. The van der Waals surface area contributed by atoms with Gasteiger partial charge in [-0.15, -0.1) is 0 Å². The van der Waals surface area contributed by atoms with Crippen molar-refractivity contribution >= 4 is 0 Å². The summed E-state index contributed by atoms with van der Waals surface area (Å²) in [5.41, 5.74) is 2.76. The highest BCUT2D eigenvalue weighted by Crippen LogP contribution is 2.53. The third-order valence-corrected chi connectivity index (χ3v) is 6.84. The SMILES string of the molecule is C=C1CC[C@@H]2C/C(=C\[C@@H]3[C@@H]1CC[C@@]3(C)O)C(C)(C)C[C@@H]2C. The van der Waals surface area contributed by atoms with Gasteiger partial charge in [0.25, 0.3) is 0 Å². The monoisotopic (exact) mass is 288 g/mol. The lowest BCUT2D eigenvalue weighted by atomic mass is 9.63. The molecule has 0 spiro atoms. The summed E-state index contributed by atoms with van der Waals surface area (Å²) in [7, 11) is 0. The second kappa shape index (κ2) is 4.98. The van der Waals surface area contributed by atoms with Crippen molar-refractivity contribution in [3.63, 3.8) is 0 Å². The van der Waals surface area contributed by atoms with Crippen molar-refractivity contribution in [2.24, 2.45) is 29.1 Å². The van der Waals surface area contributed by atoms with Gasteiger partial charge in [0.1, 0.15) is 0 Å². The van der Waals surface area contributed by atoms with Gasteiger partial charge in [0.2, 0.25) is 0 Å². The normalized spacial score (nSPS) is 48.6. The van der Waals surface area contributed by atoms with Gasteiger partial charge in [0.05, 0.1) is 5.60 Å². The molecule has 0 radical (unpaired) electrons. The maximum atomic E-state index is 10.8. The van der Waals surface area contributed by atoms with Gasteiger partial charge in [-0.1, -0.05) is 44.6 Å². The minimum atomic E-state index is -0.542. The van der Waals surface area contributed by atoms with E-state index in [4.69, 9.17) is 0 Å². The molecule has 2 fully saturated rings. The Kier molecular flexibility index (Phi) is 3.64. The molecule has 0 heterocycles. The molecule has 118 valence electrons. The summed E-state index contributed by atoms with van der Waals surface area (Å²) in [4.78, 5) is 0. The second-order valence-electron chi connectivity index (χ2n) is 8.95. The molecule has 1 nitrogen and oxygen atoms in total. The van der Waals surface area contributed by atoms with E-state index in [0.717, 1.165) is 31.1 Å². The van der Waals surface area contributed by atoms with Gasteiger partial charge in [-0.25, -0.2) is 0 Å². The summed E-state index contributed by atoms with van der Waals surface area (Å²) in [6.45, 7) is 13.7. The summed E-state index contributed by atoms with van der Waals surface area (Å²) < 4.78 is 0. The van der Waals surface area contributed by atoms with E-state index >= 15 is 0 Å². The lowest BCUT2D eigenvalue weighted by Crippen LogP contribution is -2.34. The van der Waals surface area contributed by atoms with Crippen LogP contribution in [0.1, 0.15) is 66.2 Å². The fourth-order valence-electron chi connectivity index (χ4n) is 5.30. The Morgan fingerprint density at radius 2 is 1.95 bits per heavy atom. The zero-order valence-corrected chi connectivity index (χ0v) is 14.3. The quantitative estimate of drug-likeness (QED) is 0.614. The zero-order chi connectivity index (χ0) is 15.4. The van der Waals surface area contributed by atoms with Gasteiger partial charge in [-0.05, 0) is 68.6 Å². The molecule has 1 heteroatoms. The lowest BCUT2D eigenvalue weighted by molar-refractivity contribution is 0.0321. The van der Waals surface area contributed by atoms with Crippen LogP contribution in [-0.2, 0) is 0 Å². The summed E-state index contributed by atoms with van der Waals surface area (Å²) in [5.74, 6) is 2.40. The zero-order valence-electron chi connectivity index (χ0n) is 14.3. The molecule has 0 aromatic carbocycles. The predicted molar refractivity (Wildman–Crippen MR) is 89.0 cm³/mol. The van der Waals surface area contributed by atoms with E-state index in [-0.39, 0.29) is 5.92 Å². The molecule has 0 aromatic rings. The Morgan fingerprint density at radius 1 is 1.24 bits per heavy atom. The van der Waals surface area contributed by atoms with Crippen LogP contribution in [0.25, 0.3) is 0 Å². The van der Waals surface area contributed by atoms with Gasteiger partial charge >= 0.3 is 0 Å². The molecular formula is C20H32O. The predicted octanol–water partition coefficient (Wildman–Crippen LogP) is 5.11. The van der Waals surface area contributed by atoms with Crippen LogP contribution in [0.15, 0.2) is 23.8 Å². The Hall–Kier alpha value is -0.560. The van der Waals surface area contributed by atoms with Crippen molar-refractivity contribution in [1.29, 1.82) is 0 Å². The Labute approximate surface area is 130 Å². The molecule has 3 aliphatic rings.